The minimum absolute atomic E-state index is 0.0289. The Balaban J connectivity index is 1.44. The molecule has 1 saturated heterocycles. The summed E-state index contributed by atoms with van der Waals surface area (Å²) in [6.45, 7) is 2.02. The number of carbonyl (C=O) groups excluding carboxylic acids is 2. The average molecular weight is 483 g/mol. The summed E-state index contributed by atoms with van der Waals surface area (Å²) in [6.07, 6.45) is 1.03. The van der Waals surface area contributed by atoms with Gasteiger partial charge in [-0.2, -0.15) is 0 Å². The van der Waals surface area contributed by atoms with E-state index in [1.54, 1.807) is 0 Å². The van der Waals surface area contributed by atoms with Crippen LogP contribution in [0.2, 0.25) is 0 Å². The van der Waals surface area contributed by atoms with Gasteiger partial charge in [0.05, 0.1) is 11.3 Å². The van der Waals surface area contributed by atoms with Crippen molar-refractivity contribution in [1.29, 1.82) is 0 Å². The number of carboxylic acid groups (broad SMARTS) is 1. The lowest BCUT2D eigenvalue weighted by molar-refractivity contribution is -0.150. The SMILES string of the molecule is CCc1snnc1SCC1=C(C(=O)O)N2C(=O)[C@H](NC(=O)Cc3cccs3)[C@@H]2SC1. The number of thiophene rings is 1. The lowest BCUT2D eigenvalue weighted by Gasteiger charge is -2.49. The molecule has 0 spiro atoms. The monoisotopic (exact) mass is 482 g/mol. The van der Waals surface area contributed by atoms with Gasteiger partial charge < -0.3 is 10.4 Å². The summed E-state index contributed by atoms with van der Waals surface area (Å²) in [7, 11) is 0. The van der Waals surface area contributed by atoms with Crippen molar-refractivity contribution in [2.24, 2.45) is 0 Å². The predicted octanol–water partition coefficient (Wildman–Crippen LogP) is 2.24. The van der Waals surface area contributed by atoms with E-state index >= 15 is 0 Å². The van der Waals surface area contributed by atoms with Crippen LogP contribution in [-0.4, -0.2) is 60.3 Å². The van der Waals surface area contributed by atoms with Crippen LogP contribution < -0.4 is 5.32 Å². The van der Waals surface area contributed by atoms with E-state index in [9.17, 15) is 19.5 Å². The van der Waals surface area contributed by atoms with Gasteiger partial charge >= 0.3 is 5.97 Å². The first-order valence-electron chi connectivity index (χ1n) is 9.15. The van der Waals surface area contributed by atoms with Crippen molar-refractivity contribution < 1.29 is 19.5 Å². The number of aromatic nitrogens is 2. The van der Waals surface area contributed by atoms with Gasteiger partial charge in [0.2, 0.25) is 5.91 Å². The number of amides is 2. The number of β-lactam (4-membered cyclic amide) rings is 1. The highest BCUT2D eigenvalue weighted by Gasteiger charge is 2.54. The number of hydrogen-bond acceptors (Lipinski definition) is 9. The van der Waals surface area contributed by atoms with Crippen LogP contribution in [0.1, 0.15) is 16.7 Å². The smallest absolute Gasteiger partial charge is 0.352 e. The lowest BCUT2D eigenvalue weighted by Crippen LogP contribution is -2.70. The fourth-order valence-corrected chi connectivity index (χ4v) is 7.21. The fourth-order valence-electron chi connectivity index (χ4n) is 3.27. The summed E-state index contributed by atoms with van der Waals surface area (Å²) in [6, 6.07) is 3.04. The fraction of sp³-hybridized carbons (Fsp3) is 0.389. The normalized spacial score (nSPS) is 20.7. The third kappa shape index (κ3) is 4.13. The minimum atomic E-state index is -1.13. The molecule has 4 heterocycles. The van der Waals surface area contributed by atoms with Crippen molar-refractivity contribution in [3.63, 3.8) is 0 Å². The van der Waals surface area contributed by atoms with Gasteiger partial charge in [0, 0.05) is 16.4 Å². The lowest BCUT2D eigenvalue weighted by atomic mass is 10.0. The van der Waals surface area contributed by atoms with Crippen LogP contribution in [0, 0.1) is 0 Å². The quantitative estimate of drug-likeness (QED) is 0.435. The predicted molar refractivity (Wildman–Crippen MR) is 118 cm³/mol. The maximum Gasteiger partial charge on any atom is 0.352 e. The number of hydrogen-bond donors (Lipinski definition) is 2. The topological polar surface area (TPSA) is 112 Å². The second kappa shape index (κ2) is 9.08. The average Bonchev–Trinajstić information content (AvgIpc) is 3.41. The standard InChI is InChI=1S/C18H18N4O4S4/c1-2-11-15(20-21-30-11)28-7-9-8-29-17-13(16(24)22(17)14(9)18(25)26)19-12(23)6-10-4-3-5-27-10/h3-5,13,17H,2,6-8H2,1H3,(H,19,23)(H,25,26)/t13-,17-/m0/s1. The van der Waals surface area contributed by atoms with Crippen LogP contribution in [0.25, 0.3) is 0 Å². The molecule has 2 aliphatic rings. The van der Waals surface area contributed by atoms with Crippen LogP contribution in [-0.2, 0) is 27.2 Å². The van der Waals surface area contributed by atoms with Gasteiger partial charge in [-0.25, -0.2) is 4.79 Å². The molecule has 12 heteroatoms. The molecule has 2 aliphatic heterocycles. The molecule has 8 nitrogen and oxygen atoms in total. The molecule has 0 bridgehead atoms. The van der Waals surface area contributed by atoms with E-state index in [0.29, 0.717) is 17.1 Å². The maximum absolute atomic E-state index is 12.7. The second-order valence-corrected chi connectivity index (χ2v) is 10.6. The molecule has 0 unspecified atom stereocenters. The zero-order valence-electron chi connectivity index (χ0n) is 15.9. The summed E-state index contributed by atoms with van der Waals surface area (Å²) in [5.41, 5.74) is 0.710. The molecular weight excluding hydrogens is 464 g/mol. The Hall–Kier alpha value is -1.89. The molecule has 0 aliphatic carbocycles. The maximum atomic E-state index is 12.7. The molecule has 30 heavy (non-hydrogen) atoms. The number of aliphatic carboxylic acids is 1. The Morgan fingerprint density at radius 3 is 2.97 bits per heavy atom. The molecule has 2 N–H and O–H groups in total. The van der Waals surface area contributed by atoms with Gasteiger partial charge in [-0.05, 0) is 35.0 Å². The number of nitrogens with one attached hydrogen (secondary N) is 1. The molecule has 0 radical (unpaired) electrons. The van der Waals surface area contributed by atoms with E-state index in [0.717, 1.165) is 21.2 Å². The first-order chi connectivity index (χ1) is 14.5. The zero-order valence-corrected chi connectivity index (χ0v) is 19.1. The van der Waals surface area contributed by atoms with E-state index < -0.39 is 17.4 Å². The molecule has 4 rings (SSSR count). The Labute approximate surface area is 189 Å². The highest BCUT2D eigenvalue weighted by atomic mass is 32.2. The Morgan fingerprint density at radius 1 is 1.43 bits per heavy atom. The first kappa shape index (κ1) is 21.3. The van der Waals surface area contributed by atoms with Gasteiger partial charge in [-0.3, -0.25) is 14.5 Å². The molecule has 2 atom stereocenters. The number of nitrogens with zero attached hydrogens (tertiary/aromatic N) is 3. The van der Waals surface area contributed by atoms with Crippen molar-refractivity contribution >= 4 is 64.2 Å². The number of carboxylic acids is 1. The number of thioether (sulfide) groups is 2. The molecule has 0 saturated carbocycles. The molecule has 2 aromatic rings. The van der Waals surface area contributed by atoms with Crippen molar-refractivity contribution in [2.75, 3.05) is 11.5 Å². The summed E-state index contributed by atoms with van der Waals surface area (Å²) < 4.78 is 3.95. The largest absolute Gasteiger partial charge is 0.477 e. The van der Waals surface area contributed by atoms with E-state index in [2.05, 4.69) is 14.9 Å². The summed E-state index contributed by atoms with van der Waals surface area (Å²) in [5, 5.41) is 18.9. The molecule has 0 aromatic carbocycles. The summed E-state index contributed by atoms with van der Waals surface area (Å²) in [5.74, 6) is -0.824. The van der Waals surface area contributed by atoms with Crippen LogP contribution in [0.5, 0.6) is 0 Å². The molecule has 2 aromatic heterocycles. The zero-order chi connectivity index (χ0) is 21.3. The molecule has 158 valence electrons. The van der Waals surface area contributed by atoms with Crippen molar-refractivity contribution in [2.45, 2.75) is 36.2 Å². The first-order valence-corrected chi connectivity index (χ1v) is 12.8. The van der Waals surface area contributed by atoms with E-state index in [-0.39, 0.29) is 23.9 Å². The van der Waals surface area contributed by atoms with E-state index in [1.165, 1.54) is 51.3 Å². The summed E-state index contributed by atoms with van der Waals surface area (Å²) >= 11 is 5.74. The van der Waals surface area contributed by atoms with Crippen molar-refractivity contribution in [3.8, 4) is 0 Å². The van der Waals surface area contributed by atoms with E-state index in [4.69, 9.17) is 0 Å². The van der Waals surface area contributed by atoms with Gasteiger partial charge in [-0.15, -0.1) is 28.2 Å². The summed E-state index contributed by atoms with van der Waals surface area (Å²) in [4.78, 5) is 40.2. The van der Waals surface area contributed by atoms with Gasteiger partial charge in [0.1, 0.15) is 22.1 Å². The van der Waals surface area contributed by atoms with Crippen LogP contribution in [0.15, 0.2) is 33.8 Å². The minimum Gasteiger partial charge on any atom is -0.477 e. The highest BCUT2D eigenvalue weighted by Crippen LogP contribution is 2.41. The number of carbonyl (C=O) groups is 3. The Morgan fingerprint density at radius 2 is 2.27 bits per heavy atom. The molecule has 1 fully saturated rings. The second-order valence-electron chi connectivity index (χ2n) is 6.61. The van der Waals surface area contributed by atoms with Crippen molar-refractivity contribution in [1.82, 2.24) is 19.8 Å². The van der Waals surface area contributed by atoms with Crippen molar-refractivity contribution in [3.05, 3.63) is 38.5 Å². The number of aryl methyl sites for hydroxylation is 1. The highest BCUT2D eigenvalue weighted by molar-refractivity contribution is 8.01. The Kier molecular flexibility index (Phi) is 6.46. The molecular formula is C18H18N4O4S4. The number of rotatable bonds is 8. The van der Waals surface area contributed by atoms with Gasteiger partial charge in [0.15, 0.2) is 0 Å². The third-order valence-electron chi connectivity index (χ3n) is 4.71. The van der Waals surface area contributed by atoms with Crippen LogP contribution in [0.4, 0.5) is 0 Å². The van der Waals surface area contributed by atoms with Gasteiger partial charge in [-0.1, -0.05) is 29.2 Å². The third-order valence-corrected chi connectivity index (χ3v) is 9.01. The van der Waals surface area contributed by atoms with Crippen LogP contribution >= 0.6 is 46.4 Å². The van der Waals surface area contributed by atoms with Crippen LogP contribution in [0.3, 0.4) is 0 Å². The molecule has 2 amide bonds. The van der Waals surface area contributed by atoms with E-state index in [1.807, 2.05) is 24.4 Å². The number of fused-ring (bicyclic) bond motifs is 1. The Bertz CT molecular complexity index is 1000. The van der Waals surface area contributed by atoms with Gasteiger partial charge in [0.25, 0.3) is 5.91 Å².